The summed E-state index contributed by atoms with van der Waals surface area (Å²) < 4.78 is 27.5. The van der Waals surface area contributed by atoms with Gasteiger partial charge in [0.1, 0.15) is 11.7 Å². The van der Waals surface area contributed by atoms with E-state index in [-0.39, 0.29) is 34.4 Å². The summed E-state index contributed by atoms with van der Waals surface area (Å²) in [4.78, 5) is 0. The van der Waals surface area contributed by atoms with E-state index in [0.29, 0.717) is 17.9 Å². The molecular weight excluding hydrogens is 380 g/mol. The third-order valence-corrected chi connectivity index (χ3v) is 13.9. The van der Waals surface area contributed by atoms with Crippen molar-refractivity contribution in [3.8, 4) is 0 Å². The second-order valence-electron chi connectivity index (χ2n) is 12.8. The molecule has 2 aliphatic heterocycles. The first-order valence-corrected chi connectivity index (χ1v) is 15.0. The fourth-order valence-electron chi connectivity index (χ4n) is 7.32. The minimum Gasteiger partial charge on any atom is -0.413 e. The molecule has 4 nitrogen and oxygen atoms in total. The van der Waals surface area contributed by atoms with Crippen LogP contribution in [0, 0.1) is 17.3 Å². The molecule has 166 valence electrons. The molecule has 2 heterocycles. The van der Waals surface area contributed by atoms with Gasteiger partial charge in [0.2, 0.25) is 0 Å². The Labute approximate surface area is 178 Å². The third-order valence-electron chi connectivity index (χ3n) is 9.42. The van der Waals surface area contributed by atoms with Crippen LogP contribution in [0.25, 0.3) is 0 Å². The lowest BCUT2D eigenvalue weighted by atomic mass is 9.64. The van der Waals surface area contributed by atoms with E-state index >= 15 is 0 Å². The highest BCUT2D eigenvalue weighted by Crippen LogP contribution is 2.71. The average molecular weight is 423 g/mol. The van der Waals surface area contributed by atoms with Crippen molar-refractivity contribution >= 4 is 8.32 Å². The van der Waals surface area contributed by atoms with Crippen molar-refractivity contribution in [3.05, 3.63) is 0 Å². The first-order valence-electron chi connectivity index (χ1n) is 12.0. The molecule has 29 heavy (non-hydrogen) atoms. The van der Waals surface area contributed by atoms with Crippen LogP contribution in [0.4, 0.5) is 0 Å². The summed E-state index contributed by atoms with van der Waals surface area (Å²) in [6, 6.07) is 0. The molecule has 2 saturated heterocycles. The third kappa shape index (κ3) is 2.76. The van der Waals surface area contributed by atoms with Gasteiger partial charge in [0.15, 0.2) is 14.1 Å². The molecule has 3 aliphatic carbocycles. The van der Waals surface area contributed by atoms with Crippen LogP contribution in [-0.4, -0.2) is 44.1 Å². The highest BCUT2D eigenvalue weighted by molar-refractivity contribution is 6.74. The molecule has 0 aromatic heterocycles. The van der Waals surface area contributed by atoms with Gasteiger partial charge in [0.25, 0.3) is 0 Å². The van der Waals surface area contributed by atoms with Crippen LogP contribution in [0.15, 0.2) is 0 Å². The topological polar surface area (TPSA) is 40.2 Å². The van der Waals surface area contributed by atoms with E-state index < -0.39 is 14.1 Å². The van der Waals surface area contributed by atoms with E-state index in [0.717, 1.165) is 12.8 Å². The van der Waals surface area contributed by atoms with Crippen LogP contribution in [0.5, 0.6) is 0 Å². The maximum absolute atomic E-state index is 7.41. The molecule has 0 aromatic carbocycles. The molecule has 0 aromatic rings. The Balaban J connectivity index is 1.65. The predicted octanol–water partition coefficient (Wildman–Crippen LogP) is 5.65. The standard InChI is InChI=1S/C24H42O4Si/c1-15-14-23-12-10-9-11-16(19(23)27-29(7,8)21(2,3)4)13-17-20(25-17)24(23)18(15)26-22(5,6)28-24/h15-20H,9-14H2,1-8H3/t15-,16+,17+,18+,19-,20+,23-,24-/m1/s1. The van der Waals surface area contributed by atoms with Gasteiger partial charge in [-0.15, -0.1) is 0 Å². The molecule has 5 heteroatoms. The summed E-state index contributed by atoms with van der Waals surface area (Å²) in [5.41, 5.74) is -0.329. The zero-order valence-electron chi connectivity index (χ0n) is 19.8. The van der Waals surface area contributed by atoms with Crippen LogP contribution in [-0.2, 0) is 18.6 Å². The van der Waals surface area contributed by atoms with Gasteiger partial charge in [-0.3, -0.25) is 0 Å². The van der Waals surface area contributed by atoms with E-state index in [9.17, 15) is 0 Å². The lowest BCUT2D eigenvalue weighted by molar-refractivity contribution is -0.221. The van der Waals surface area contributed by atoms with Gasteiger partial charge in [-0.05, 0) is 69.5 Å². The molecule has 0 amide bonds. The Bertz CT molecular complexity index is 685. The summed E-state index contributed by atoms with van der Waals surface area (Å²) in [7, 11) is -1.92. The molecule has 5 rings (SSSR count). The molecule has 2 spiro atoms. The van der Waals surface area contributed by atoms with Crippen molar-refractivity contribution in [1.82, 2.24) is 0 Å². The van der Waals surface area contributed by atoms with Crippen LogP contribution >= 0.6 is 0 Å². The van der Waals surface area contributed by atoms with Crippen molar-refractivity contribution in [2.75, 3.05) is 0 Å². The molecule has 5 aliphatic rings. The smallest absolute Gasteiger partial charge is 0.192 e. The normalized spacial score (nSPS) is 50.9. The zero-order chi connectivity index (χ0) is 21.0. The Kier molecular flexibility index (Phi) is 4.40. The molecule has 2 bridgehead atoms. The fourth-order valence-corrected chi connectivity index (χ4v) is 8.73. The van der Waals surface area contributed by atoms with Gasteiger partial charge in [0.05, 0.1) is 18.3 Å². The van der Waals surface area contributed by atoms with Crippen LogP contribution in [0.2, 0.25) is 18.1 Å². The van der Waals surface area contributed by atoms with Gasteiger partial charge >= 0.3 is 0 Å². The average Bonchev–Trinajstić information content (AvgIpc) is 3.27. The lowest BCUT2D eigenvalue weighted by Crippen LogP contribution is -2.62. The minimum atomic E-state index is -1.92. The highest BCUT2D eigenvalue weighted by atomic mass is 28.4. The Hall–Kier alpha value is 0.0569. The van der Waals surface area contributed by atoms with Crippen LogP contribution in [0.1, 0.15) is 80.1 Å². The van der Waals surface area contributed by atoms with E-state index in [1.807, 2.05) is 0 Å². The Morgan fingerprint density at radius 1 is 1.07 bits per heavy atom. The monoisotopic (exact) mass is 422 g/mol. The maximum Gasteiger partial charge on any atom is 0.192 e. The molecular formula is C24H42O4Si. The Morgan fingerprint density at radius 2 is 1.79 bits per heavy atom. The predicted molar refractivity (Wildman–Crippen MR) is 116 cm³/mol. The van der Waals surface area contributed by atoms with Crippen LogP contribution < -0.4 is 0 Å². The SMILES string of the molecule is C[C@@H]1C[C@@]23CCCC[C@@H](C[C@@H]4O[C@@H]4[C@@]24OC(C)(C)O[C@@H]14)[C@H]3O[Si](C)(C)C(C)(C)C. The molecule has 5 fully saturated rings. The number of hydrogen-bond donors (Lipinski definition) is 0. The summed E-state index contributed by atoms with van der Waals surface area (Å²) in [5, 5.41) is 0.210. The number of ether oxygens (including phenoxy) is 3. The largest absolute Gasteiger partial charge is 0.413 e. The fraction of sp³-hybridized carbons (Fsp3) is 1.00. The van der Waals surface area contributed by atoms with Gasteiger partial charge in [-0.1, -0.05) is 40.5 Å². The second-order valence-corrected chi connectivity index (χ2v) is 17.6. The molecule has 0 unspecified atom stereocenters. The van der Waals surface area contributed by atoms with E-state index in [1.165, 1.54) is 25.7 Å². The number of hydrogen-bond acceptors (Lipinski definition) is 4. The summed E-state index contributed by atoms with van der Waals surface area (Å²) in [6.45, 7) is 18.5. The van der Waals surface area contributed by atoms with E-state index in [4.69, 9.17) is 18.6 Å². The van der Waals surface area contributed by atoms with Crippen molar-refractivity contribution in [1.29, 1.82) is 0 Å². The highest BCUT2D eigenvalue weighted by Gasteiger charge is 2.81. The van der Waals surface area contributed by atoms with Crippen molar-refractivity contribution in [2.24, 2.45) is 17.3 Å². The molecule has 0 N–H and O–H groups in total. The van der Waals surface area contributed by atoms with Gasteiger partial charge < -0.3 is 18.6 Å². The van der Waals surface area contributed by atoms with E-state index in [1.54, 1.807) is 0 Å². The number of fused-ring (bicyclic) bond motifs is 2. The summed E-state index contributed by atoms with van der Waals surface area (Å²) >= 11 is 0. The minimum absolute atomic E-state index is 0.0114. The van der Waals surface area contributed by atoms with Crippen LogP contribution in [0.3, 0.4) is 0 Å². The molecule has 3 saturated carbocycles. The number of rotatable bonds is 2. The van der Waals surface area contributed by atoms with Crippen molar-refractivity contribution in [2.45, 2.75) is 134 Å². The first kappa shape index (κ1) is 20.9. The van der Waals surface area contributed by atoms with Gasteiger partial charge in [-0.25, -0.2) is 0 Å². The second kappa shape index (κ2) is 6.09. The number of epoxide rings is 1. The first-order chi connectivity index (χ1) is 13.3. The Morgan fingerprint density at radius 3 is 2.48 bits per heavy atom. The van der Waals surface area contributed by atoms with Crippen molar-refractivity contribution in [3.63, 3.8) is 0 Å². The quantitative estimate of drug-likeness (QED) is 0.425. The van der Waals surface area contributed by atoms with Gasteiger partial charge in [-0.2, -0.15) is 0 Å². The molecule has 8 atom stereocenters. The molecule has 0 radical (unpaired) electrons. The summed E-state index contributed by atoms with van der Waals surface area (Å²) in [6.07, 6.45) is 8.24. The van der Waals surface area contributed by atoms with Crippen molar-refractivity contribution < 1.29 is 18.6 Å². The lowest BCUT2D eigenvalue weighted by Gasteiger charge is -2.52. The van der Waals surface area contributed by atoms with E-state index in [2.05, 4.69) is 54.6 Å². The zero-order valence-corrected chi connectivity index (χ0v) is 20.8. The maximum atomic E-state index is 7.41. The van der Waals surface area contributed by atoms with Gasteiger partial charge in [0, 0.05) is 5.41 Å². The summed E-state index contributed by atoms with van der Waals surface area (Å²) in [5.74, 6) is 0.513.